The second kappa shape index (κ2) is 4.45. The molecule has 2 aromatic rings. The Balaban J connectivity index is 2.60. The van der Waals surface area contributed by atoms with E-state index in [1.54, 1.807) is 13.2 Å². The van der Waals surface area contributed by atoms with Crippen molar-refractivity contribution < 1.29 is 4.74 Å². The molecule has 0 atom stereocenters. The quantitative estimate of drug-likeness (QED) is 0.860. The Morgan fingerprint density at radius 2 is 1.88 bits per heavy atom. The minimum absolute atomic E-state index is 0.0876. The van der Waals surface area contributed by atoms with Crippen molar-refractivity contribution in [1.29, 1.82) is 0 Å². The van der Waals surface area contributed by atoms with Gasteiger partial charge in [-0.05, 0) is 43.2 Å². The van der Waals surface area contributed by atoms with E-state index in [1.807, 2.05) is 32.0 Å². The summed E-state index contributed by atoms with van der Waals surface area (Å²) in [5.74, 6) is 0.865. The number of rotatable bonds is 2. The second-order valence-corrected chi connectivity index (χ2v) is 4.07. The first-order valence-electron chi connectivity index (χ1n) is 5.47. The summed E-state index contributed by atoms with van der Waals surface area (Å²) in [5.41, 5.74) is 3.91. The molecule has 0 unspecified atom stereocenters. The third kappa shape index (κ3) is 2.23. The molecule has 1 aromatic heterocycles. The molecule has 0 aliphatic rings. The van der Waals surface area contributed by atoms with E-state index in [1.165, 1.54) is 6.07 Å². The van der Waals surface area contributed by atoms with Gasteiger partial charge in [0.15, 0.2) is 0 Å². The highest BCUT2D eigenvalue weighted by molar-refractivity contribution is 5.66. The van der Waals surface area contributed by atoms with Crippen LogP contribution < -0.4 is 10.3 Å². The van der Waals surface area contributed by atoms with Crippen LogP contribution in [0.15, 0.2) is 35.1 Å². The summed E-state index contributed by atoms with van der Waals surface area (Å²) in [5, 5.41) is 0. The Kier molecular flexibility index (Phi) is 3.00. The molecule has 0 saturated heterocycles. The number of H-pyrrole nitrogens is 1. The molecule has 88 valence electrons. The summed E-state index contributed by atoms with van der Waals surface area (Å²) in [6.45, 7) is 3.99. The van der Waals surface area contributed by atoms with Gasteiger partial charge in [0.25, 0.3) is 0 Å². The van der Waals surface area contributed by atoms with Gasteiger partial charge in [0.05, 0.1) is 7.11 Å². The Bertz CT molecular complexity index is 599. The smallest absolute Gasteiger partial charge is 0.248 e. The van der Waals surface area contributed by atoms with Gasteiger partial charge in [-0.25, -0.2) is 0 Å². The average molecular weight is 229 g/mol. The molecule has 2 rings (SSSR count). The molecule has 0 aliphatic carbocycles. The Hall–Kier alpha value is -2.03. The van der Waals surface area contributed by atoms with Crippen molar-refractivity contribution in [3.05, 3.63) is 51.8 Å². The SMILES string of the molecule is COc1cc(C)c(-c2cccc(=O)[nH]2)cc1C. The summed E-state index contributed by atoms with van der Waals surface area (Å²) in [7, 11) is 1.66. The number of methoxy groups -OCH3 is 1. The number of benzene rings is 1. The van der Waals surface area contributed by atoms with Crippen LogP contribution >= 0.6 is 0 Å². The zero-order chi connectivity index (χ0) is 12.4. The predicted molar refractivity (Wildman–Crippen MR) is 68.5 cm³/mol. The minimum Gasteiger partial charge on any atom is -0.496 e. The molecule has 0 amide bonds. The first-order valence-corrected chi connectivity index (χ1v) is 5.47. The third-order valence-electron chi connectivity index (χ3n) is 2.80. The van der Waals surface area contributed by atoms with Crippen molar-refractivity contribution in [2.75, 3.05) is 7.11 Å². The van der Waals surface area contributed by atoms with Gasteiger partial charge >= 0.3 is 0 Å². The normalized spacial score (nSPS) is 10.3. The van der Waals surface area contributed by atoms with Crippen LogP contribution in [0.25, 0.3) is 11.3 Å². The number of nitrogens with one attached hydrogen (secondary N) is 1. The maximum Gasteiger partial charge on any atom is 0.248 e. The van der Waals surface area contributed by atoms with Crippen LogP contribution in [0.2, 0.25) is 0 Å². The number of pyridine rings is 1. The highest BCUT2D eigenvalue weighted by Crippen LogP contribution is 2.28. The van der Waals surface area contributed by atoms with Crippen LogP contribution in [0.1, 0.15) is 11.1 Å². The van der Waals surface area contributed by atoms with Gasteiger partial charge in [0.2, 0.25) is 5.56 Å². The molecule has 0 aliphatic heterocycles. The van der Waals surface area contributed by atoms with E-state index >= 15 is 0 Å². The van der Waals surface area contributed by atoms with Crippen molar-refractivity contribution in [3.63, 3.8) is 0 Å². The Labute approximate surface area is 100 Å². The molecule has 1 N–H and O–H groups in total. The van der Waals surface area contributed by atoms with Gasteiger partial charge in [0.1, 0.15) is 5.75 Å². The van der Waals surface area contributed by atoms with E-state index in [0.717, 1.165) is 28.1 Å². The molecule has 0 bridgehead atoms. The number of aromatic nitrogens is 1. The van der Waals surface area contributed by atoms with Gasteiger partial charge in [0, 0.05) is 17.3 Å². The molecule has 3 nitrogen and oxygen atoms in total. The zero-order valence-corrected chi connectivity index (χ0v) is 10.2. The molecule has 0 fully saturated rings. The van der Waals surface area contributed by atoms with Crippen molar-refractivity contribution in [3.8, 4) is 17.0 Å². The lowest BCUT2D eigenvalue weighted by Crippen LogP contribution is -2.04. The Morgan fingerprint density at radius 1 is 1.12 bits per heavy atom. The average Bonchev–Trinajstić information content (AvgIpc) is 2.31. The number of aryl methyl sites for hydroxylation is 2. The van der Waals surface area contributed by atoms with Crippen molar-refractivity contribution in [2.24, 2.45) is 0 Å². The molecule has 1 aromatic carbocycles. The highest BCUT2D eigenvalue weighted by Gasteiger charge is 2.07. The predicted octanol–water partition coefficient (Wildman–Crippen LogP) is 2.67. The first-order chi connectivity index (χ1) is 8.11. The van der Waals surface area contributed by atoms with Crippen molar-refractivity contribution in [2.45, 2.75) is 13.8 Å². The van der Waals surface area contributed by atoms with Gasteiger partial charge < -0.3 is 9.72 Å². The Morgan fingerprint density at radius 3 is 2.53 bits per heavy atom. The van der Waals surface area contributed by atoms with Crippen LogP contribution in [0, 0.1) is 13.8 Å². The topological polar surface area (TPSA) is 42.1 Å². The lowest BCUT2D eigenvalue weighted by molar-refractivity contribution is 0.411. The van der Waals surface area contributed by atoms with E-state index in [2.05, 4.69) is 4.98 Å². The van der Waals surface area contributed by atoms with Crippen LogP contribution in [0.4, 0.5) is 0 Å². The molecule has 0 spiro atoms. The fourth-order valence-electron chi connectivity index (χ4n) is 1.90. The largest absolute Gasteiger partial charge is 0.496 e. The van der Waals surface area contributed by atoms with Crippen LogP contribution in [0.5, 0.6) is 5.75 Å². The molecule has 3 heteroatoms. The molecule has 17 heavy (non-hydrogen) atoms. The van der Waals surface area contributed by atoms with E-state index in [0.29, 0.717) is 0 Å². The number of hydrogen-bond donors (Lipinski definition) is 1. The second-order valence-electron chi connectivity index (χ2n) is 4.07. The van der Waals surface area contributed by atoms with Gasteiger partial charge in [-0.3, -0.25) is 4.79 Å². The first kappa shape index (κ1) is 11.5. The van der Waals surface area contributed by atoms with Gasteiger partial charge in [-0.1, -0.05) is 6.07 Å². The lowest BCUT2D eigenvalue weighted by atomic mass is 10.0. The summed E-state index contributed by atoms with van der Waals surface area (Å²) in [4.78, 5) is 14.1. The summed E-state index contributed by atoms with van der Waals surface area (Å²) < 4.78 is 5.27. The lowest BCUT2D eigenvalue weighted by Gasteiger charge is -2.11. The number of ether oxygens (including phenoxy) is 1. The summed E-state index contributed by atoms with van der Waals surface area (Å²) in [6, 6.07) is 9.17. The standard InChI is InChI=1S/C14H15NO2/c1-9-8-13(17-3)10(2)7-11(9)12-5-4-6-14(16)15-12/h4-8H,1-3H3,(H,15,16). The minimum atomic E-state index is -0.0876. The fraction of sp³-hybridized carbons (Fsp3) is 0.214. The van der Waals surface area contributed by atoms with E-state index in [4.69, 9.17) is 4.74 Å². The molecule has 0 radical (unpaired) electrons. The highest BCUT2D eigenvalue weighted by atomic mass is 16.5. The number of aromatic amines is 1. The summed E-state index contributed by atoms with van der Waals surface area (Å²) in [6.07, 6.45) is 0. The van der Waals surface area contributed by atoms with Crippen LogP contribution in [-0.2, 0) is 0 Å². The van der Waals surface area contributed by atoms with Crippen LogP contribution in [0.3, 0.4) is 0 Å². The van der Waals surface area contributed by atoms with Gasteiger partial charge in [-0.2, -0.15) is 0 Å². The van der Waals surface area contributed by atoms with Gasteiger partial charge in [-0.15, -0.1) is 0 Å². The van der Waals surface area contributed by atoms with E-state index < -0.39 is 0 Å². The fourth-order valence-corrected chi connectivity index (χ4v) is 1.90. The third-order valence-corrected chi connectivity index (χ3v) is 2.80. The maximum absolute atomic E-state index is 11.3. The maximum atomic E-state index is 11.3. The van der Waals surface area contributed by atoms with Crippen molar-refractivity contribution in [1.82, 2.24) is 4.98 Å². The molecule has 1 heterocycles. The van der Waals surface area contributed by atoms with Crippen molar-refractivity contribution >= 4 is 0 Å². The molecular weight excluding hydrogens is 214 g/mol. The summed E-state index contributed by atoms with van der Waals surface area (Å²) >= 11 is 0. The van der Waals surface area contributed by atoms with E-state index in [9.17, 15) is 4.79 Å². The zero-order valence-electron chi connectivity index (χ0n) is 10.2. The number of hydrogen-bond acceptors (Lipinski definition) is 2. The van der Waals surface area contributed by atoms with E-state index in [-0.39, 0.29) is 5.56 Å². The molecule has 0 saturated carbocycles. The monoisotopic (exact) mass is 229 g/mol. The van der Waals surface area contributed by atoms with Crippen LogP contribution in [-0.4, -0.2) is 12.1 Å². The molecular formula is C14H15NO2.